The normalized spacial score (nSPS) is 25.0. The Morgan fingerprint density at radius 2 is 1.67 bits per heavy atom. The minimum absolute atomic E-state index is 0.0668. The highest BCUT2D eigenvalue weighted by Gasteiger charge is 2.57. The molecule has 3 aliphatic carbocycles. The monoisotopic (exact) mass is 633 g/mol. The van der Waals surface area contributed by atoms with Crippen LogP contribution in [0, 0.1) is 17.8 Å². The van der Waals surface area contributed by atoms with Crippen molar-refractivity contribution in [2.75, 3.05) is 19.1 Å². The third-order valence-electron chi connectivity index (χ3n) is 8.58. The van der Waals surface area contributed by atoms with Crippen LogP contribution in [0.3, 0.4) is 0 Å². The highest BCUT2D eigenvalue weighted by atomic mass is 79.9. The van der Waals surface area contributed by atoms with E-state index in [1.807, 2.05) is 6.08 Å². The molecule has 42 heavy (non-hydrogen) atoms. The molecule has 214 valence electrons. The number of carbonyl (C=O) groups is 4. The number of rotatable bonds is 5. The van der Waals surface area contributed by atoms with Crippen molar-refractivity contribution >= 4 is 57.6 Å². The first-order chi connectivity index (χ1) is 20.1. The number of allylic oxidation sites excluding steroid dienone is 6. The summed E-state index contributed by atoms with van der Waals surface area (Å²) in [4.78, 5) is 55.8. The molecule has 1 heterocycles. The number of phenols is 1. The molecule has 6 rings (SSSR count). The minimum atomic E-state index is -1.78. The number of aromatic hydroxyl groups is 1. The number of phenolic OH excluding ortho intramolecular Hbond substituents is 1. The number of ether oxygens (including phenoxy) is 2. The van der Waals surface area contributed by atoms with E-state index in [4.69, 9.17) is 9.47 Å². The summed E-state index contributed by atoms with van der Waals surface area (Å²) >= 11 is 3.21. The highest BCUT2D eigenvalue weighted by Crippen LogP contribution is 2.58. The maximum atomic E-state index is 14.1. The predicted octanol–water partition coefficient (Wildman–Crippen LogP) is 2.06. The van der Waals surface area contributed by atoms with Crippen molar-refractivity contribution in [3.63, 3.8) is 0 Å². The maximum absolute atomic E-state index is 14.1. The van der Waals surface area contributed by atoms with Crippen molar-refractivity contribution in [2.45, 2.75) is 18.8 Å². The number of imide groups is 1. The number of Topliss-reactive ketones (excluding diaryl/α,β-unsaturated/α-hetero) is 1. The van der Waals surface area contributed by atoms with Crippen LogP contribution < -0.4 is 19.8 Å². The number of anilines is 1. The molecule has 2 amide bonds. The molecule has 4 atom stereocenters. The summed E-state index contributed by atoms with van der Waals surface area (Å²) in [5, 5.41) is 29.6. The smallest absolute Gasteiger partial charge is 0.488 e. The van der Waals surface area contributed by atoms with Crippen molar-refractivity contribution in [1.82, 2.24) is 0 Å². The number of hydrogen-bond donors (Lipinski definition) is 3. The zero-order valence-corrected chi connectivity index (χ0v) is 24.1. The van der Waals surface area contributed by atoms with Crippen LogP contribution in [0.4, 0.5) is 5.69 Å². The predicted molar refractivity (Wildman–Crippen MR) is 155 cm³/mol. The average Bonchev–Trinajstić information content (AvgIpc) is 3.23. The summed E-state index contributed by atoms with van der Waals surface area (Å²) in [6.45, 7) is 0. The van der Waals surface area contributed by atoms with E-state index in [2.05, 4.69) is 15.9 Å². The lowest BCUT2D eigenvalue weighted by Gasteiger charge is -2.42. The Balaban J connectivity index is 1.52. The first-order valence-corrected chi connectivity index (χ1v) is 14.0. The Morgan fingerprint density at radius 3 is 2.31 bits per heavy atom. The van der Waals surface area contributed by atoms with Crippen molar-refractivity contribution in [3.05, 3.63) is 75.3 Å². The number of hydrogen-bond acceptors (Lipinski definition) is 9. The maximum Gasteiger partial charge on any atom is 0.488 e. The van der Waals surface area contributed by atoms with Gasteiger partial charge in [0.1, 0.15) is 17.2 Å². The fourth-order valence-corrected chi connectivity index (χ4v) is 7.27. The minimum Gasteiger partial charge on any atom is -0.508 e. The number of fused-ring (bicyclic) bond motifs is 3. The van der Waals surface area contributed by atoms with E-state index in [-0.39, 0.29) is 68.4 Å². The molecule has 0 aromatic heterocycles. The topological polar surface area (TPSA) is 151 Å². The molecule has 1 saturated heterocycles. The zero-order valence-electron chi connectivity index (χ0n) is 22.5. The molecule has 0 spiro atoms. The highest BCUT2D eigenvalue weighted by molar-refractivity contribution is 9.12. The van der Waals surface area contributed by atoms with Crippen LogP contribution in [0.25, 0.3) is 0 Å². The lowest BCUT2D eigenvalue weighted by Crippen LogP contribution is -2.40. The molecule has 4 aliphatic rings. The van der Waals surface area contributed by atoms with E-state index < -0.39 is 42.6 Å². The molecular formula is C30H25BBrNO9. The summed E-state index contributed by atoms with van der Waals surface area (Å²) in [5.74, 6) is -4.32. The van der Waals surface area contributed by atoms with Gasteiger partial charge in [-0.25, -0.2) is 0 Å². The van der Waals surface area contributed by atoms with Crippen LogP contribution in [-0.4, -0.2) is 59.9 Å². The van der Waals surface area contributed by atoms with Gasteiger partial charge in [-0.1, -0.05) is 23.8 Å². The van der Waals surface area contributed by atoms with Gasteiger partial charge in [0.05, 0.1) is 36.2 Å². The molecular weight excluding hydrogens is 609 g/mol. The lowest BCUT2D eigenvalue weighted by atomic mass is 9.59. The SMILES string of the molecule is COc1cc(O)cc(OC)c1[C@H]1C2=CC[C@@H]3C(=O)N(c4cccc(B(O)O)c4)C(=O)[C@@H]3[C@@H]2CC2=C1C(=O)C=C(Br)C2=O. The summed E-state index contributed by atoms with van der Waals surface area (Å²) < 4.78 is 11.3. The van der Waals surface area contributed by atoms with Crippen LogP contribution in [0.5, 0.6) is 17.2 Å². The second-order valence-corrected chi connectivity index (χ2v) is 11.5. The zero-order chi connectivity index (χ0) is 30.0. The number of methoxy groups -OCH3 is 2. The van der Waals surface area contributed by atoms with Gasteiger partial charge in [0.25, 0.3) is 0 Å². The van der Waals surface area contributed by atoms with Crippen molar-refractivity contribution in [2.24, 2.45) is 17.8 Å². The molecule has 1 fully saturated rings. The molecule has 0 radical (unpaired) electrons. The van der Waals surface area contributed by atoms with Crippen LogP contribution in [-0.2, 0) is 19.2 Å². The summed E-state index contributed by atoms with van der Waals surface area (Å²) in [7, 11) is 1.05. The molecule has 3 N–H and O–H groups in total. The third kappa shape index (κ3) is 4.16. The number of benzene rings is 2. The number of amides is 2. The first kappa shape index (κ1) is 28.1. The number of carbonyl (C=O) groups excluding carboxylic acids is 4. The summed E-state index contributed by atoms with van der Waals surface area (Å²) in [5.41, 5.74) is 1.94. The molecule has 10 nitrogen and oxygen atoms in total. The van der Waals surface area contributed by atoms with Gasteiger partial charge in [-0.15, -0.1) is 0 Å². The van der Waals surface area contributed by atoms with Crippen LogP contribution in [0.1, 0.15) is 24.3 Å². The Hall–Kier alpha value is -4.00. The number of nitrogens with zero attached hydrogens (tertiary/aromatic N) is 1. The number of ketones is 2. The molecule has 0 saturated carbocycles. The van der Waals surface area contributed by atoms with Gasteiger partial charge in [-0.3, -0.25) is 24.1 Å². The second-order valence-electron chi connectivity index (χ2n) is 10.6. The molecule has 0 bridgehead atoms. The quantitative estimate of drug-likeness (QED) is 0.195. The Kier molecular flexibility index (Phi) is 6.95. The van der Waals surface area contributed by atoms with E-state index in [1.54, 1.807) is 6.07 Å². The number of halogens is 1. The molecule has 12 heteroatoms. The largest absolute Gasteiger partial charge is 0.508 e. The fourth-order valence-electron chi connectivity index (χ4n) is 6.83. The third-order valence-corrected chi connectivity index (χ3v) is 9.16. The second kappa shape index (κ2) is 10.4. The van der Waals surface area contributed by atoms with E-state index in [0.717, 1.165) is 4.90 Å². The van der Waals surface area contributed by atoms with Crippen molar-refractivity contribution < 1.29 is 43.8 Å². The molecule has 1 aliphatic heterocycles. The Bertz CT molecular complexity index is 1650. The van der Waals surface area contributed by atoms with Gasteiger partial charge in [0.2, 0.25) is 11.8 Å². The van der Waals surface area contributed by atoms with E-state index in [9.17, 15) is 34.3 Å². The van der Waals surface area contributed by atoms with Gasteiger partial charge >= 0.3 is 7.12 Å². The molecule has 0 unspecified atom stereocenters. The van der Waals surface area contributed by atoms with Gasteiger partial charge < -0.3 is 24.6 Å². The van der Waals surface area contributed by atoms with E-state index in [1.165, 1.54) is 50.6 Å². The van der Waals surface area contributed by atoms with E-state index >= 15 is 0 Å². The Morgan fingerprint density at radius 1 is 0.976 bits per heavy atom. The van der Waals surface area contributed by atoms with Gasteiger partial charge in [-0.2, -0.15) is 0 Å². The first-order valence-electron chi connectivity index (χ1n) is 13.2. The van der Waals surface area contributed by atoms with Crippen LogP contribution in [0.2, 0.25) is 0 Å². The van der Waals surface area contributed by atoms with Crippen molar-refractivity contribution in [3.8, 4) is 17.2 Å². The van der Waals surface area contributed by atoms with E-state index in [0.29, 0.717) is 11.1 Å². The van der Waals surface area contributed by atoms with Gasteiger partial charge in [0, 0.05) is 40.8 Å². The van der Waals surface area contributed by atoms with Gasteiger partial charge in [-0.05, 0) is 52.3 Å². The lowest BCUT2D eigenvalue weighted by molar-refractivity contribution is -0.123. The molecule has 2 aromatic carbocycles. The fraction of sp³-hybridized carbons (Fsp3) is 0.267. The van der Waals surface area contributed by atoms with Crippen LogP contribution in [0.15, 0.2) is 69.8 Å². The van der Waals surface area contributed by atoms with Gasteiger partial charge in [0.15, 0.2) is 11.6 Å². The average molecular weight is 634 g/mol. The Labute approximate surface area is 249 Å². The molecule has 2 aromatic rings. The van der Waals surface area contributed by atoms with Crippen LogP contribution >= 0.6 is 15.9 Å². The summed E-state index contributed by atoms with van der Waals surface area (Å²) in [6, 6.07) is 8.72. The van der Waals surface area contributed by atoms with Crippen molar-refractivity contribution in [1.29, 1.82) is 0 Å². The summed E-state index contributed by atoms with van der Waals surface area (Å²) in [6.07, 6.45) is 3.37. The standard InChI is InChI=1S/C30H25BBrNO9/c1-41-22-9-15(34)10-23(42-2)27(22)26-16-6-7-17-24(18(16)11-19-25(26)21(35)12-20(32)28(19)36)30(38)33(29(17)37)14-5-3-4-13(8-14)31(39)40/h3-6,8-10,12,17-18,24,26,34,39-40H,7,11H2,1-2H3/t17-,18+,24-,26-/m0/s1.